The van der Waals surface area contributed by atoms with Crippen molar-refractivity contribution in [3.05, 3.63) is 11.6 Å². The van der Waals surface area contributed by atoms with Crippen LogP contribution in [0.25, 0.3) is 0 Å². The molecule has 0 N–H and O–H groups in total. The van der Waals surface area contributed by atoms with Gasteiger partial charge in [-0.15, -0.1) is 0 Å². The number of allylic oxidation sites excluding steroid dienone is 2. The summed E-state index contributed by atoms with van der Waals surface area (Å²) < 4.78 is 4.92. The Labute approximate surface area is 90.5 Å². The SMILES string of the molecule is CCOC(=O)C1C(=O)CCC1C=C(C)C. The second kappa shape index (κ2) is 5.10. The van der Waals surface area contributed by atoms with E-state index in [2.05, 4.69) is 0 Å². The molecule has 3 heteroatoms. The molecule has 0 spiro atoms. The van der Waals surface area contributed by atoms with Crippen molar-refractivity contribution in [1.29, 1.82) is 0 Å². The number of hydrogen-bond acceptors (Lipinski definition) is 3. The van der Waals surface area contributed by atoms with Gasteiger partial charge >= 0.3 is 5.97 Å². The first-order valence-electron chi connectivity index (χ1n) is 5.40. The molecule has 2 unspecified atom stereocenters. The molecule has 0 aromatic heterocycles. The van der Waals surface area contributed by atoms with Gasteiger partial charge in [0.25, 0.3) is 0 Å². The van der Waals surface area contributed by atoms with Gasteiger partial charge < -0.3 is 4.74 Å². The predicted molar refractivity (Wildman–Crippen MR) is 57.3 cm³/mol. The van der Waals surface area contributed by atoms with Crippen LogP contribution in [0.1, 0.15) is 33.6 Å². The lowest BCUT2D eigenvalue weighted by Gasteiger charge is -2.13. The van der Waals surface area contributed by atoms with E-state index in [0.29, 0.717) is 13.0 Å². The third-order valence-corrected chi connectivity index (χ3v) is 2.59. The van der Waals surface area contributed by atoms with E-state index in [1.807, 2.05) is 19.9 Å². The van der Waals surface area contributed by atoms with Crippen molar-refractivity contribution < 1.29 is 14.3 Å². The zero-order valence-corrected chi connectivity index (χ0v) is 9.58. The Balaban J connectivity index is 2.77. The van der Waals surface area contributed by atoms with Crippen molar-refractivity contribution in [2.24, 2.45) is 11.8 Å². The Bertz CT molecular complexity index is 287. The topological polar surface area (TPSA) is 43.4 Å². The molecule has 1 rings (SSSR count). The number of esters is 1. The molecule has 0 saturated heterocycles. The molecule has 0 amide bonds. The van der Waals surface area contributed by atoms with Gasteiger partial charge in [-0.05, 0) is 33.1 Å². The van der Waals surface area contributed by atoms with E-state index in [4.69, 9.17) is 4.74 Å². The lowest BCUT2D eigenvalue weighted by atomic mass is 9.94. The molecule has 0 heterocycles. The Morgan fingerprint density at radius 2 is 2.20 bits per heavy atom. The minimum atomic E-state index is -0.556. The molecular formula is C12H18O3. The first-order chi connectivity index (χ1) is 7.06. The Kier molecular flexibility index (Phi) is 4.06. The van der Waals surface area contributed by atoms with Crippen LogP contribution in [-0.2, 0) is 14.3 Å². The molecule has 0 aromatic rings. The standard InChI is InChI=1S/C12H18O3/c1-4-15-12(14)11-9(7-8(2)3)5-6-10(11)13/h7,9,11H,4-6H2,1-3H3. The summed E-state index contributed by atoms with van der Waals surface area (Å²) >= 11 is 0. The Morgan fingerprint density at radius 1 is 1.53 bits per heavy atom. The molecule has 0 bridgehead atoms. The van der Waals surface area contributed by atoms with Crippen molar-refractivity contribution in [1.82, 2.24) is 0 Å². The van der Waals surface area contributed by atoms with Crippen LogP contribution in [0.15, 0.2) is 11.6 Å². The normalized spacial score (nSPS) is 25.1. The highest BCUT2D eigenvalue weighted by atomic mass is 16.5. The zero-order chi connectivity index (χ0) is 11.4. The van der Waals surface area contributed by atoms with Crippen molar-refractivity contribution >= 4 is 11.8 Å². The monoisotopic (exact) mass is 210 g/mol. The number of rotatable bonds is 3. The zero-order valence-electron chi connectivity index (χ0n) is 9.58. The highest BCUT2D eigenvalue weighted by Crippen LogP contribution is 2.31. The first-order valence-corrected chi connectivity index (χ1v) is 5.40. The molecule has 1 saturated carbocycles. The number of carbonyl (C=O) groups is 2. The van der Waals surface area contributed by atoms with Crippen LogP contribution in [-0.4, -0.2) is 18.4 Å². The quantitative estimate of drug-likeness (QED) is 0.407. The number of ether oxygens (including phenoxy) is 1. The summed E-state index contributed by atoms with van der Waals surface area (Å²) in [5.41, 5.74) is 1.14. The van der Waals surface area contributed by atoms with Gasteiger partial charge in [0.2, 0.25) is 0 Å². The van der Waals surface area contributed by atoms with Crippen LogP contribution >= 0.6 is 0 Å². The predicted octanol–water partition coefficient (Wildman–Crippen LogP) is 2.11. The van der Waals surface area contributed by atoms with E-state index in [0.717, 1.165) is 12.0 Å². The van der Waals surface area contributed by atoms with E-state index in [9.17, 15) is 9.59 Å². The van der Waals surface area contributed by atoms with Gasteiger partial charge in [0, 0.05) is 6.42 Å². The maximum atomic E-state index is 11.6. The molecule has 1 aliphatic rings. The Hall–Kier alpha value is -1.12. The summed E-state index contributed by atoms with van der Waals surface area (Å²) in [5.74, 6) is -0.847. The van der Waals surface area contributed by atoms with Crippen molar-refractivity contribution in [3.63, 3.8) is 0 Å². The Morgan fingerprint density at radius 3 is 2.73 bits per heavy atom. The minimum Gasteiger partial charge on any atom is -0.465 e. The largest absolute Gasteiger partial charge is 0.465 e. The van der Waals surface area contributed by atoms with E-state index < -0.39 is 5.92 Å². The van der Waals surface area contributed by atoms with Crippen LogP contribution < -0.4 is 0 Å². The van der Waals surface area contributed by atoms with E-state index in [-0.39, 0.29) is 17.7 Å². The number of carbonyl (C=O) groups excluding carboxylic acids is 2. The van der Waals surface area contributed by atoms with E-state index >= 15 is 0 Å². The molecule has 84 valence electrons. The summed E-state index contributed by atoms with van der Waals surface area (Å²) in [6.45, 7) is 6.05. The van der Waals surface area contributed by atoms with Crippen molar-refractivity contribution in [2.75, 3.05) is 6.61 Å². The first kappa shape index (κ1) is 12.0. The molecule has 0 radical (unpaired) electrons. The van der Waals surface area contributed by atoms with Gasteiger partial charge in [0.1, 0.15) is 11.7 Å². The number of Topliss-reactive ketones (excluding diaryl/α,β-unsaturated/α-hetero) is 1. The average molecular weight is 210 g/mol. The van der Waals surface area contributed by atoms with Crippen LogP contribution in [0.2, 0.25) is 0 Å². The molecule has 1 aliphatic carbocycles. The molecule has 2 atom stereocenters. The summed E-state index contributed by atoms with van der Waals surface area (Å²) in [6.07, 6.45) is 3.28. The van der Waals surface area contributed by atoms with Crippen molar-refractivity contribution in [3.8, 4) is 0 Å². The van der Waals surface area contributed by atoms with Gasteiger partial charge in [-0.2, -0.15) is 0 Å². The molecule has 0 aliphatic heterocycles. The number of hydrogen-bond donors (Lipinski definition) is 0. The highest BCUT2D eigenvalue weighted by molar-refractivity contribution is 6.01. The van der Waals surface area contributed by atoms with Gasteiger partial charge in [-0.25, -0.2) is 0 Å². The van der Waals surface area contributed by atoms with Gasteiger partial charge in [0.05, 0.1) is 6.61 Å². The lowest BCUT2D eigenvalue weighted by Crippen LogP contribution is -2.26. The van der Waals surface area contributed by atoms with Crippen LogP contribution in [0.5, 0.6) is 0 Å². The molecular weight excluding hydrogens is 192 g/mol. The maximum Gasteiger partial charge on any atom is 0.317 e. The fraction of sp³-hybridized carbons (Fsp3) is 0.667. The lowest BCUT2D eigenvalue weighted by molar-refractivity contribution is -0.151. The van der Waals surface area contributed by atoms with Gasteiger partial charge in [-0.1, -0.05) is 11.6 Å². The maximum absolute atomic E-state index is 11.6. The number of ketones is 1. The fourth-order valence-electron chi connectivity index (χ4n) is 2.02. The molecule has 0 aromatic carbocycles. The molecule has 1 fully saturated rings. The van der Waals surface area contributed by atoms with Crippen molar-refractivity contribution in [2.45, 2.75) is 33.6 Å². The van der Waals surface area contributed by atoms with Gasteiger partial charge in [0.15, 0.2) is 0 Å². The minimum absolute atomic E-state index is 0.0240. The second-order valence-electron chi connectivity index (χ2n) is 4.14. The summed E-state index contributed by atoms with van der Waals surface area (Å²) in [4.78, 5) is 23.1. The van der Waals surface area contributed by atoms with E-state index in [1.54, 1.807) is 6.92 Å². The third kappa shape index (κ3) is 2.91. The van der Waals surface area contributed by atoms with Crippen LogP contribution in [0.3, 0.4) is 0 Å². The second-order valence-corrected chi connectivity index (χ2v) is 4.14. The van der Waals surface area contributed by atoms with Gasteiger partial charge in [-0.3, -0.25) is 9.59 Å². The summed E-state index contributed by atoms with van der Waals surface area (Å²) in [7, 11) is 0. The summed E-state index contributed by atoms with van der Waals surface area (Å²) in [5, 5.41) is 0. The van der Waals surface area contributed by atoms with Crippen LogP contribution in [0, 0.1) is 11.8 Å². The average Bonchev–Trinajstić information content (AvgIpc) is 2.46. The highest BCUT2D eigenvalue weighted by Gasteiger charge is 2.39. The molecule has 3 nitrogen and oxygen atoms in total. The fourth-order valence-corrected chi connectivity index (χ4v) is 2.02. The van der Waals surface area contributed by atoms with Crippen LogP contribution in [0.4, 0.5) is 0 Å². The third-order valence-electron chi connectivity index (χ3n) is 2.59. The van der Waals surface area contributed by atoms with E-state index in [1.165, 1.54) is 0 Å². The molecule has 15 heavy (non-hydrogen) atoms. The smallest absolute Gasteiger partial charge is 0.317 e. The summed E-state index contributed by atoms with van der Waals surface area (Å²) in [6, 6.07) is 0.